The second-order valence-corrected chi connectivity index (χ2v) is 5.96. The zero-order valence-corrected chi connectivity index (χ0v) is 15.5. The van der Waals surface area contributed by atoms with E-state index in [1.165, 1.54) is 4.90 Å². The second-order valence-electron chi connectivity index (χ2n) is 5.96. The maximum Gasteiger partial charge on any atom is 0.411 e. The van der Waals surface area contributed by atoms with Gasteiger partial charge in [-0.2, -0.15) is 0 Å². The minimum Gasteiger partial charge on any atom is -0.448 e. The highest BCUT2D eigenvalue weighted by atomic mass is 16.5. The SMILES string of the molecule is Cc1ccc(NC(=O)OCCN(C)C)cc1NC(=O)N(CCO)CCO. The van der Waals surface area contributed by atoms with Crippen molar-refractivity contribution in [2.75, 3.05) is 64.2 Å². The zero-order valence-electron chi connectivity index (χ0n) is 15.5. The molecule has 0 atom stereocenters. The number of nitrogens with one attached hydrogen (secondary N) is 2. The third kappa shape index (κ3) is 7.68. The van der Waals surface area contributed by atoms with Crippen molar-refractivity contribution in [2.24, 2.45) is 0 Å². The molecule has 0 aliphatic rings. The van der Waals surface area contributed by atoms with Crippen molar-refractivity contribution in [3.63, 3.8) is 0 Å². The molecule has 0 aliphatic carbocycles. The monoisotopic (exact) mass is 368 g/mol. The van der Waals surface area contributed by atoms with Crippen LogP contribution in [0.4, 0.5) is 21.0 Å². The highest BCUT2D eigenvalue weighted by Crippen LogP contribution is 2.21. The Morgan fingerprint density at radius 3 is 2.31 bits per heavy atom. The van der Waals surface area contributed by atoms with Crippen molar-refractivity contribution in [3.8, 4) is 0 Å². The number of amides is 3. The lowest BCUT2D eigenvalue weighted by atomic mass is 10.2. The Hall–Kier alpha value is -2.36. The van der Waals surface area contributed by atoms with Crippen molar-refractivity contribution >= 4 is 23.5 Å². The first-order valence-corrected chi connectivity index (χ1v) is 8.34. The van der Waals surface area contributed by atoms with Crippen LogP contribution in [-0.4, -0.2) is 85.7 Å². The third-order valence-electron chi connectivity index (χ3n) is 3.52. The number of nitrogens with zero attached hydrogens (tertiary/aromatic N) is 2. The summed E-state index contributed by atoms with van der Waals surface area (Å²) in [6.07, 6.45) is -0.574. The van der Waals surface area contributed by atoms with E-state index in [0.29, 0.717) is 17.9 Å². The van der Waals surface area contributed by atoms with Gasteiger partial charge in [-0.1, -0.05) is 6.07 Å². The van der Waals surface area contributed by atoms with Gasteiger partial charge in [-0.05, 0) is 38.7 Å². The largest absolute Gasteiger partial charge is 0.448 e. The smallest absolute Gasteiger partial charge is 0.411 e. The van der Waals surface area contributed by atoms with E-state index in [0.717, 1.165) is 5.56 Å². The van der Waals surface area contributed by atoms with Gasteiger partial charge in [0.2, 0.25) is 0 Å². The highest BCUT2D eigenvalue weighted by Gasteiger charge is 2.14. The van der Waals surface area contributed by atoms with E-state index < -0.39 is 12.1 Å². The summed E-state index contributed by atoms with van der Waals surface area (Å²) in [5.74, 6) is 0. The maximum atomic E-state index is 12.3. The Labute approximate surface area is 153 Å². The molecule has 0 saturated carbocycles. The summed E-state index contributed by atoms with van der Waals surface area (Å²) in [5, 5.41) is 23.4. The van der Waals surface area contributed by atoms with Crippen molar-refractivity contribution in [1.29, 1.82) is 0 Å². The first kappa shape index (κ1) is 21.7. The second kappa shape index (κ2) is 11.3. The van der Waals surface area contributed by atoms with Crippen LogP contribution >= 0.6 is 0 Å². The van der Waals surface area contributed by atoms with E-state index in [9.17, 15) is 9.59 Å². The van der Waals surface area contributed by atoms with Gasteiger partial charge in [0.25, 0.3) is 0 Å². The topological polar surface area (TPSA) is 114 Å². The normalized spacial score (nSPS) is 10.5. The van der Waals surface area contributed by atoms with Crippen molar-refractivity contribution in [1.82, 2.24) is 9.80 Å². The van der Waals surface area contributed by atoms with E-state index >= 15 is 0 Å². The van der Waals surface area contributed by atoms with Crippen LogP contribution in [0.2, 0.25) is 0 Å². The van der Waals surface area contributed by atoms with Crippen LogP contribution in [0, 0.1) is 6.92 Å². The van der Waals surface area contributed by atoms with Gasteiger partial charge in [-0.3, -0.25) is 5.32 Å². The summed E-state index contributed by atoms with van der Waals surface area (Å²) in [5.41, 5.74) is 1.80. The summed E-state index contributed by atoms with van der Waals surface area (Å²) in [6, 6.07) is 4.64. The number of aliphatic hydroxyl groups is 2. The van der Waals surface area contributed by atoms with Crippen molar-refractivity contribution < 1.29 is 24.5 Å². The molecule has 0 radical (unpaired) electrons. The zero-order chi connectivity index (χ0) is 19.5. The molecule has 1 aromatic rings. The molecule has 146 valence electrons. The molecule has 0 fully saturated rings. The molecule has 0 heterocycles. The number of rotatable bonds is 9. The van der Waals surface area contributed by atoms with E-state index in [4.69, 9.17) is 14.9 Å². The molecule has 0 spiro atoms. The number of urea groups is 1. The number of aryl methyl sites for hydroxylation is 1. The van der Waals surface area contributed by atoms with Gasteiger partial charge in [0.15, 0.2) is 0 Å². The quantitative estimate of drug-likeness (QED) is 0.515. The summed E-state index contributed by atoms with van der Waals surface area (Å²) in [4.78, 5) is 27.2. The van der Waals surface area contributed by atoms with Gasteiger partial charge in [-0.25, -0.2) is 9.59 Å². The average Bonchev–Trinajstić information content (AvgIpc) is 2.57. The average molecular weight is 368 g/mol. The molecular weight excluding hydrogens is 340 g/mol. The summed E-state index contributed by atoms with van der Waals surface area (Å²) in [6.45, 7) is 2.53. The van der Waals surface area contributed by atoms with Crippen molar-refractivity contribution in [2.45, 2.75) is 6.92 Å². The van der Waals surface area contributed by atoms with Gasteiger partial charge in [0, 0.05) is 31.0 Å². The predicted molar refractivity (Wildman–Crippen MR) is 99.5 cm³/mol. The molecule has 4 N–H and O–H groups in total. The number of aliphatic hydroxyl groups excluding tert-OH is 2. The number of benzene rings is 1. The lowest BCUT2D eigenvalue weighted by Crippen LogP contribution is -2.39. The van der Waals surface area contributed by atoms with Crippen LogP contribution in [0.15, 0.2) is 18.2 Å². The molecule has 1 rings (SSSR count). The Bertz CT molecular complexity index is 589. The molecule has 0 saturated heterocycles. The molecule has 1 aromatic carbocycles. The molecule has 0 bridgehead atoms. The number of anilines is 2. The molecule has 0 aromatic heterocycles. The first-order chi connectivity index (χ1) is 12.4. The van der Waals surface area contributed by atoms with Crippen LogP contribution in [0.3, 0.4) is 0 Å². The van der Waals surface area contributed by atoms with Gasteiger partial charge in [-0.15, -0.1) is 0 Å². The van der Waals surface area contributed by atoms with Crippen LogP contribution in [0.25, 0.3) is 0 Å². The Morgan fingerprint density at radius 1 is 1.08 bits per heavy atom. The Balaban J connectivity index is 2.71. The number of hydrogen-bond acceptors (Lipinski definition) is 6. The van der Waals surface area contributed by atoms with Gasteiger partial charge >= 0.3 is 12.1 Å². The molecule has 9 nitrogen and oxygen atoms in total. The number of ether oxygens (including phenoxy) is 1. The number of carbonyl (C=O) groups excluding carboxylic acids is 2. The number of carbonyl (C=O) groups is 2. The van der Waals surface area contributed by atoms with Gasteiger partial charge < -0.3 is 30.1 Å². The first-order valence-electron chi connectivity index (χ1n) is 8.34. The predicted octanol–water partition coefficient (Wildman–Crippen LogP) is 0.924. The summed E-state index contributed by atoms with van der Waals surface area (Å²) >= 11 is 0. The van der Waals surface area contributed by atoms with E-state index in [2.05, 4.69) is 10.6 Å². The lowest BCUT2D eigenvalue weighted by Gasteiger charge is -2.22. The minimum atomic E-state index is -0.574. The molecule has 0 unspecified atom stereocenters. The van der Waals surface area contributed by atoms with Crippen LogP contribution in [0.5, 0.6) is 0 Å². The molecule has 3 amide bonds. The Morgan fingerprint density at radius 2 is 1.73 bits per heavy atom. The van der Waals surface area contributed by atoms with E-state index in [1.807, 2.05) is 25.9 Å². The van der Waals surface area contributed by atoms with Gasteiger partial charge in [0.05, 0.1) is 13.2 Å². The van der Waals surface area contributed by atoms with Crippen LogP contribution in [-0.2, 0) is 4.74 Å². The summed E-state index contributed by atoms with van der Waals surface area (Å²) < 4.78 is 5.07. The van der Waals surface area contributed by atoms with E-state index in [-0.39, 0.29) is 32.9 Å². The highest BCUT2D eigenvalue weighted by molar-refractivity contribution is 5.92. The fraction of sp³-hybridized carbons (Fsp3) is 0.529. The van der Waals surface area contributed by atoms with E-state index in [1.54, 1.807) is 18.2 Å². The maximum absolute atomic E-state index is 12.3. The number of likely N-dealkylation sites (N-methyl/N-ethyl adjacent to an activating group) is 1. The standard InChI is InChI=1S/C17H28N4O5/c1-13-4-5-14(18-17(25)26-11-8-20(2)3)12-15(13)19-16(24)21(6-9-22)7-10-23/h4-5,12,22-23H,6-11H2,1-3H3,(H,18,25)(H,19,24). The van der Waals surface area contributed by atoms with Crippen molar-refractivity contribution in [3.05, 3.63) is 23.8 Å². The van der Waals surface area contributed by atoms with Crippen LogP contribution in [0.1, 0.15) is 5.56 Å². The Kier molecular flexibility index (Phi) is 9.42. The fourth-order valence-electron chi connectivity index (χ4n) is 2.06. The van der Waals surface area contributed by atoms with Crippen LogP contribution < -0.4 is 10.6 Å². The number of hydrogen-bond donors (Lipinski definition) is 4. The summed E-state index contributed by atoms with van der Waals surface area (Å²) in [7, 11) is 3.76. The molecule has 0 aliphatic heterocycles. The minimum absolute atomic E-state index is 0.113. The molecular formula is C17H28N4O5. The van der Waals surface area contributed by atoms with Gasteiger partial charge in [0.1, 0.15) is 6.61 Å². The fourth-order valence-corrected chi connectivity index (χ4v) is 2.06. The third-order valence-corrected chi connectivity index (χ3v) is 3.52. The lowest BCUT2D eigenvalue weighted by molar-refractivity contribution is 0.151. The molecule has 9 heteroatoms. The molecule has 26 heavy (non-hydrogen) atoms.